The highest BCUT2D eigenvalue weighted by Crippen LogP contribution is 2.32. The third-order valence-corrected chi connectivity index (χ3v) is 5.30. The van der Waals surface area contributed by atoms with Gasteiger partial charge in [0.05, 0.1) is 35.1 Å². The molecular formula is C20H15ClN4O3S. The van der Waals surface area contributed by atoms with Crippen molar-refractivity contribution in [3.8, 4) is 11.5 Å². The van der Waals surface area contributed by atoms with Crippen LogP contribution in [0.15, 0.2) is 48.2 Å². The van der Waals surface area contributed by atoms with Crippen molar-refractivity contribution < 1.29 is 14.3 Å². The molecule has 0 aliphatic heterocycles. The molecule has 0 spiro atoms. The number of rotatable bonds is 6. The second-order valence-corrected chi connectivity index (χ2v) is 7.27. The molecule has 1 N–H and O–H groups in total. The Bertz CT molecular complexity index is 1200. The molecule has 29 heavy (non-hydrogen) atoms. The van der Waals surface area contributed by atoms with Gasteiger partial charge in [0.25, 0.3) is 0 Å². The fraction of sp³-hybridized carbons (Fsp3) is 0.100. The van der Waals surface area contributed by atoms with Crippen molar-refractivity contribution >= 4 is 51.3 Å². The number of methoxy groups -OCH3 is 2. The Morgan fingerprint density at radius 3 is 2.59 bits per heavy atom. The molecular weight excluding hydrogens is 412 g/mol. The largest absolute Gasteiger partial charge is 0.493 e. The lowest BCUT2D eigenvalue weighted by atomic mass is 10.1. The second kappa shape index (κ2) is 8.02. The van der Waals surface area contributed by atoms with Crippen LogP contribution < -0.4 is 14.8 Å². The number of carbonyl (C=O) groups excluding carboxylic acids is 1. The Balaban J connectivity index is 1.61. The van der Waals surface area contributed by atoms with E-state index < -0.39 is 0 Å². The third kappa shape index (κ3) is 3.85. The number of ketones is 1. The number of thiazole rings is 1. The molecule has 2 aromatic carbocycles. The van der Waals surface area contributed by atoms with E-state index in [1.165, 1.54) is 17.5 Å². The van der Waals surface area contributed by atoms with Crippen LogP contribution in [0, 0.1) is 0 Å². The van der Waals surface area contributed by atoms with Crippen molar-refractivity contribution in [2.24, 2.45) is 0 Å². The molecule has 4 rings (SSSR count). The summed E-state index contributed by atoms with van der Waals surface area (Å²) >= 11 is 7.60. The van der Waals surface area contributed by atoms with Crippen molar-refractivity contribution in [2.45, 2.75) is 0 Å². The lowest BCUT2D eigenvalue weighted by molar-refractivity contribution is 0.104. The van der Waals surface area contributed by atoms with E-state index >= 15 is 0 Å². The number of anilines is 2. The first-order chi connectivity index (χ1) is 14.1. The fourth-order valence-electron chi connectivity index (χ4n) is 2.78. The zero-order valence-corrected chi connectivity index (χ0v) is 17.0. The van der Waals surface area contributed by atoms with Crippen LogP contribution in [0.3, 0.4) is 0 Å². The monoisotopic (exact) mass is 426 g/mol. The summed E-state index contributed by atoms with van der Waals surface area (Å²) in [6, 6.07) is 8.68. The van der Waals surface area contributed by atoms with Crippen LogP contribution in [0.2, 0.25) is 5.02 Å². The topological polar surface area (TPSA) is 86.2 Å². The Kier molecular flexibility index (Phi) is 5.28. The number of aromatic nitrogens is 3. The number of hydrogen-bond donors (Lipinski definition) is 1. The lowest BCUT2D eigenvalue weighted by Gasteiger charge is -2.10. The quantitative estimate of drug-likeness (QED) is 0.446. The Labute approximate surface area is 175 Å². The van der Waals surface area contributed by atoms with Gasteiger partial charge in [0.2, 0.25) is 11.7 Å². The number of nitrogens with one attached hydrogen (secondary N) is 1. The first kappa shape index (κ1) is 19.1. The Hall–Kier alpha value is -3.23. The van der Waals surface area contributed by atoms with Gasteiger partial charge in [-0.3, -0.25) is 9.78 Å². The van der Waals surface area contributed by atoms with E-state index in [-0.39, 0.29) is 5.78 Å². The van der Waals surface area contributed by atoms with Gasteiger partial charge in [-0.2, -0.15) is 0 Å². The van der Waals surface area contributed by atoms with Crippen LogP contribution in [0.1, 0.15) is 15.2 Å². The third-order valence-electron chi connectivity index (χ3n) is 4.21. The standard InChI is InChI=1S/C20H15ClN4O3S/c1-27-16-5-11-8-23-20(25-15(11)7-17(16)28-2)24-12-3-4-13(14(21)6-12)19(26)18-9-22-10-29-18/h3-10H,1-2H3,(H,23,24,25). The summed E-state index contributed by atoms with van der Waals surface area (Å²) in [6.45, 7) is 0. The Morgan fingerprint density at radius 1 is 1.10 bits per heavy atom. The maximum Gasteiger partial charge on any atom is 0.227 e. The van der Waals surface area contributed by atoms with Gasteiger partial charge in [0, 0.05) is 35.1 Å². The van der Waals surface area contributed by atoms with Gasteiger partial charge in [-0.05, 0) is 24.3 Å². The predicted octanol–water partition coefficient (Wildman–Crippen LogP) is 4.73. The summed E-state index contributed by atoms with van der Waals surface area (Å²) in [6.07, 6.45) is 3.22. The molecule has 0 aliphatic rings. The summed E-state index contributed by atoms with van der Waals surface area (Å²) < 4.78 is 10.6. The maximum atomic E-state index is 12.5. The maximum absolute atomic E-state index is 12.5. The zero-order valence-electron chi connectivity index (χ0n) is 15.5. The van der Waals surface area contributed by atoms with Crippen molar-refractivity contribution in [1.82, 2.24) is 15.0 Å². The van der Waals surface area contributed by atoms with E-state index in [0.29, 0.717) is 44.1 Å². The van der Waals surface area contributed by atoms with Crippen molar-refractivity contribution in [2.75, 3.05) is 19.5 Å². The SMILES string of the molecule is COc1cc2cnc(Nc3ccc(C(=O)c4cncs4)c(Cl)c3)nc2cc1OC. The van der Waals surface area contributed by atoms with E-state index in [1.54, 1.807) is 50.2 Å². The van der Waals surface area contributed by atoms with Crippen LogP contribution in [-0.4, -0.2) is 35.0 Å². The van der Waals surface area contributed by atoms with Crippen molar-refractivity contribution in [1.29, 1.82) is 0 Å². The molecule has 0 unspecified atom stereocenters. The minimum absolute atomic E-state index is 0.160. The van der Waals surface area contributed by atoms with Gasteiger partial charge in [-0.15, -0.1) is 11.3 Å². The molecule has 4 aromatic rings. The highest BCUT2D eigenvalue weighted by atomic mass is 35.5. The first-order valence-electron chi connectivity index (χ1n) is 8.47. The minimum Gasteiger partial charge on any atom is -0.493 e. The molecule has 146 valence electrons. The van der Waals surface area contributed by atoms with Crippen molar-refractivity contribution in [3.63, 3.8) is 0 Å². The molecule has 0 bridgehead atoms. The molecule has 2 heterocycles. The van der Waals surface area contributed by atoms with Gasteiger partial charge in [0.15, 0.2) is 11.5 Å². The number of carbonyl (C=O) groups is 1. The number of hydrogen-bond acceptors (Lipinski definition) is 8. The summed E-state index contributed by atoms with van der Waals surface area (Å²) in [5, 5.41) is 4.25. The normalized spacial score (nSPS) is 10.7. The van der Waals surface area contributed by atoms with E-state index in [0.717, 1.165) is 5.39 Å². The number of nitrogens with zero attached hydrogens (tertiary/aromatic N) is 3. The molecule has 0 radical (unpaired) electrons. The molecule has 0 saturated heterocycles. The van der Waals surface area contributed by atoms with E-state index in [1.807, 2.05) is 6.07 Å². The van der Waals surface area contributed by atoms with Crippen LogP contribution in [0.5, 0.6) is 11.5 Å². The van der Waals surface area contributed by atoms with Crippen molar-refractivity contribution in [3.05, 3.63) is 63.7 Å². The van der Waals surface area contributed by atoms with Crippen LogP contribution in [0.4, 0.5) is 11.6 Å². The average Bonchev–Trinajstić information content (AvgIpc) is 3.27. The summed E-state index contributed by atoms with van der Waals surface area (Å²) in [7, 11) is 3.15. The number of ether oxygens (including phenoxy) is 2. The van der Waals surface area contributed by atoms with E-state index in [9.17, 15) is 4.79 Å². The van der Waals surface area contributed by atoms with E-state index in [4.69, 9.17) is 21.1 Å². The molecule has 0 fully saturated rings. The van der Waals surface area contributed by atoms with Crippen LogP contribution in [0.25, 0.3) is 10.9 Å². The average molecular weight is 427 g/mol. The van der Waals surface area contributed by atoms with Crippen LogP contribution in [-0.2, 0) is 0 Å². The van der Waals surface area contributed by atoms with Gasteiger partial charge in [-0.1, -0.05) is 11.6 Å². The van der Waals surface area contributed by atoms with Gasteiger partial charge < -0.3 is 14.8 Å². The lowest BCUT2D eigenvalue weighted by Crippen LogP contribution is -2.02. The highest BCUT2D eigenvalue weighted by Gasteiger charge is 2.15. The Morgan fingerprint density at radius 2 is 1.90 bits per heavy atom. The smallest absolute Gasteiger partial charge is 0.227 e. The predicted molar refractivity (Wildman–Crippen MR) is 113 cm³/mol. The van der Waals surface area contributed by atoms with Gasteiger partial charge in [0.1, 0.15) is 0 Å². The first-order valence-corrected chi connectivity index (χ1v) is 9.73. The minimum atomic E-state index is -0.160. The molecule has 0 saturated carbocycles. The summed E-state index contributed by atoms with van der Waals surface area (Å²) in [4.78, 5) is 25.8. The molecule has 7 nitrogen and oxygen atoms in total. The molecule has 0 aliphatic carbocycles. The molecule has 0 amide bonds. The van der Waals surface area contributed by atoms with Gasteiger partial charge in [-0.25, -0.2) is 9.97 Å². The molecule has 0 atom stereocenters. The van der Waals surface area contributed by atoms with Gasteiger partial charge >= 0.3 is 0 Å². The molecule has 9 heteroatoms. The number of fused-ring (bicyclic) bond motifs is 1. The molecule has 2 aromatic heterocycles. The number of halogens is 1. The summed E-state index contributed by atoms with van der Waals surface area (Å²) in [5.74, 6) is 1.42. The number of benzene rings is 2. The second-order valence-electron chi connectivity index (χ2n) is 5.97. The fourth-order valence-corrected chi connectivity index (χ4v) is 3.63. The highest BCUT2D eigenvalue weighted by molar-refractivity contribution is 7.12. The van der Waals surface area contributed by atoms with E-state index in [2.05, 4.69) is 20.3 Å². The summed E-state index contributed by atoms with van der Waals surface area (Å²) in [5.41, 5.74) is 3.38. The zero-order chi connectivity index (χ0) is 20.4. The van der Waals surface area contributed by atoms with Crippen LogP contribution >= 0.6 is 22.9 Å².